The Kier molecular flexibility index (Phi) is 3.69. The van der Waals surface area contributed by atoms with Gasteiger partial charge in [0.05, 0.1) is 19.3 Å². The molecule has 2 aromatic rings. The van der Waals surface area contributed by atoms with Crippen molar-refractivity contribution in [2.45, 2.75) is 6.61 Å². The molecule has 0 aliphatic carbocycles. The Morgan fingerprint density at radius 2 is 2.06 bits per heavy atom. The van der Waals surface area contributed by atoms with Crippen molar-refractivity contribution in [3.8, 4) is 5.75 Å². The zero-order chi connectivity index (χ0) is 13.0. The number of para-hydroxylation sites is 1. The Labute approximate surface area is 105 Å². The summed E-state index contributed by atoms with van der Waals surface area (Å²) >= 11 is 0. The van der Waals surface area contributed by atoms with Crippen LogP contribution in [0.5, 0.6) is 5.75 Å². The van der Waals surface area contributed by atoms with Gasteiger partial charge in [-0.1, -0.05) is 18.2 Å². The van der Waals surface area contributed by atoms with E-state index in [2.05, 4.69) is 4.98 Å². The maximum atomic E-state index is 12.4. The minimum absolute atomic E-state index is 0.218. The zero-order valence-electron chi connectivity index (χ0n) is 9.96. The molecule has 0 fully saturated rings. The van der Waals surface area contributed by atoms with E-state index in [-0.39, 0.29) is 18.1 Å². The summed E-state index contributed by atoms with van der Waals surface area (Å²) in [7, 11) is 1.51. The van der Waals surface area contributed by atoms with Crippen molar-refractivity contribution < 1.29 is 14.6 Å². The number of methoxy groups -OCH3 is 1. The van der Waals surface area contributed by atoms with E-state index in [0.717, 1.165) is 0 Å². The highest BCUT2D eigenvalue weighted by Gasteiger charge is 2.17. The van der Waals surface area contributed by atoms with E-state index in [9.17, 15) is 9.90 Å². The summed E-state index contributed by atoms with van der Waals surface area (Å²) in [6.07, 6.45) is 1.53. The minimum Gasteiger partial charge on any atom is -0.496 e. The number of carbonyl (C=O) groups is 1. The highest BCUT2D eigenvalue weighted by molar-refractivity contribution is 6.10. The van der Waals surface area contributed by atoms with Crippen molar-refractivity contribution in [1.29, 1.82) is 0 Å². The molecule has 0 radical (unpaired) electrons. The molecule has 1 N–H and O–H groups in total. The van der Waals surface area contributed by atoms with Crippen LogP contribution in [0, 0.1) is 0 Å². The normalized spacial score (nSPS) is 10.1. The van der Waals surface area contributed by atoms with E-state index in [4.69, 9.17) is 4.74 Å². The van der Waals surface area contributed by atoms with Crippen molar-refractivity contribution in [3.63, 3.8) is 0 Å². The van der Waals surface area contributed by atoms with Gasteiger partial charge in [-0.3, -0.25) is 9.78 Å². The topological polar surface area (TPSA) is 59.4 Å². The molecule has 4 heteroatoms. The quantitative estimate of drug-likeness (QED) is 0.832. The summed E-state index contributed by atoms with van der Waals surface area (Å²) < 4.78 is 5.15. The fourth-order valence-corrected chi connectivity index (χ4v) is 1.73. The number of nitrogens with zero attached hydrogens (tertiary/aromatic N) is 1. The Morgan fingerprint density at radius 3 is 2.78 bits per heavy atom. The average Bonchev–Trinajstić information content (AvgIpc) is 2.46. The highest BCUT2D eigenvalue weighted by Crippen LogP contribution is 2.21. The molecule has 4 nitrogen and oxygen atoms in total. The predicted molar refractivity (Wildman–Crippen MR) is 66.6 cm³/mol. The van der Waals surface area contributed by atoms with Gasteiger partial charge in [-0.2, -0.15) is 0 Å². The first kappa shape index (κ1) is 12.3. The fourth-order valence-electron chi connectivity index (χ4n) is 1.73. The largest absolute Gasteiger partial charge is 0.496 e. The molecule has 0 bridgehead atoms. The average molecular weight is 243 g/mol. The number of pyridine rings is 1. The smallest absolute Gasteiger partial charge is 0.215 e. The molecule has 0 aliphatic heterocycles. The van der Waals surface area contributed by atoms with E-state index in [1.165, 1.54) is 13.3 Å². The summed E-state index contributed by atoms with van der Waals surface area (Å²) in [6, 6.07) is 10.3. The summed E-state index contributed by atoms with van der Waals surface area (Å²) in [5.74, 6) is 0.245. The second-order valence-corrected chi connectivity index (χ2v) is 3.70. The number of aromatic nitrogens is 1. The molecular formula is C14H13NO3. The molecule has 0 saturated heterocycles. The molecule has 0 aliphatic rings. The summed E-state index contributed by atoms with van der Waals surface area (Å²) in [5, 5.41) is 9.22. The number of hydrogen-bond donors (Lipinski definition) is 1. The van der Waals surface area contributed by atoms with Crippen molar-refractivity contribution in [2.75, 3.05) is 7.11 Å². The van der Waals surface area contributed by atoms with Crippen LogP contribution in [0.2, 0.25) is 0 Å². The zero-order valence-corrected chi connectivity index (χ0v) is 9.96. The fraction of sp³-hybridized carbons (Fsp3) is 0.143. The van der Waals surface area contributed by atoms with Crippen molar-refractivity contribution >= 4 is 5.78 Å². The molecule has 0 saturated carbocycles. The van der Waals surface area contributed by atoms with Gasteiger partial charge in [-0.15, -0.1) is 0 Å². The van der Waals surface area contributed by atoms with Gasteiger partial charge >= 0.3 is 0 Å². The molecule has 18 heavy (non-hydrogen) atoms. The van der Waals surface area contributed by atoms with Crippen LogP contribution in [0.4, 0.5) is 0 Å². The lowest BCUT2D eigenvalue weighted by atomic mass is 10.0. The van der Waals surface area contributed by atoms with Crippen LogP contribution in [0.3, 0.4) is 0 Å². The van der Waals surface area contributed by atoms with Gasteiger partial charge in [0, 0.05) is 11.8 Å². The molecular weight excluding hydrogens is 230 g/mol. The summed E-state index contributed by atoms with van der Waals surface area (Å²) in [6.45, 7) is -0.218. The third-order valence-electron chi connectivity index (χ3n) is 2.63. The molecule has 0 amide bonds. The van der Waals surface area contributed by atoms with Crippen LogP contribution >= 0.6 is 0 Å². The molecule has 1 heterocycles. The maximum absolute atomic E-state index is 12.4. The monoisotopic (exact) mass is 243 g/mol. The first-order valence-electron chi connectivity index (χ1n) is 5.50. The van der Waals surface area contributed by atoms with E-state index < -0.39 is 0 Å². The minimum atomic E-state index is -0.253. The lowest BCUT2D eigenvalue weighted by Gasteiger charge is -2.08. The highest BCUT2D eigenvalue weighted by atomic mass is 16.5. The summed E-state index contributed by atoms with van der Waals surface area (Å²) in [5.41, 5.74) is 1.20. The van der Waals surface area contributed by atoms with Gasteiger partial charge in [-0.05, 0) is 18.2 Å². The van der Waals surface area contributed by atoms with Crippen LogP contribution in [0.15, 0.2) is 42.6 Å². The number of rotatable bonds is 4. The van der Waals surface area contributed by atoms with Crippen molar-refractivity contribution in [3.05, 3.63) is 59.4 Å². The van der Waals surface area contributed by atoms with E-state index in [1.54, 1.807) is 36.4 Å². The van der Waals surface area contributed by atoms with Gasteiger partial charge in [0.2, 0.25) is 5.78 Å². The van der Waals surface area contributed by atoms with Gasteiger partial charge in [-0.25, -0.2) is 0 Å². The van der Waals surface area contributed by atoms with Crippen LogP contribution < -0.4 is 4.74 Å². The van der Waals surface area contributed by atoms with Crippen LogP contribution in [0.1, 0.15) is 21.6 Å². The maximum Gasteiger partial charge on any atom is 0.215 e. The van der Waals surface area contributed by atoms with Gasteiger partial charge in [0.25, 0.3) is 0 Å². The van der Waals surface area contributed by atoms with Crippen molar-refractivity contribution in [2.24, 2.45) is 0 Å². The SMILES string of the molecule is COc1ccccc1C(=O)c1ncccc1CO. The molecule has 1 aromatic carbocycles. The molecule has 0 spiro atoms. The molecule has 1 aromatic heterocycles. The lowest BCUT2D eigenvalue weighted by Crippen LogP contribution is -2.09. The first-order chi connectivity index (χ1) is 8.77. The van der Waals surface area contributed by atoms with Gasteiger partial charge in [0.15, 0.2) is 0 Å². The molecule has 0 atom stereocenters. The van der Waals surface area contributed by atoms with Gasteiger partial charge < -0.3 is 9.84 Å². The third-order valence-corrected chi connectivity index (χ3v) is 2.63. The number of ether oxygens (including phenoxy) is 1. The van der Waals surface area contributed by atoms with E-state index in [1.807, 2.05) is 0 Å². The Hall–Kier alpha value is -2.20. The number of hydrogen-bond acceptors (Lipinski definition) is 4. The number of aliphatic hydroxyl groups is 1. The number of benzene rings is 1. The number of ketones is 1. The van der Waals surface area contributed by atoms with Crippen molar-refractivity contribution in [1.82, 2.24) is 4.98 Å². The first-order valence-corrected chi connectivity index (χ1v) is 5.50. The van der Waals surface area contributed by atoms with Crippen LogP contribution in [-0.4, -0.2) is 23.0 Å². The second kappa shape index (κ2) is 5.42. The second-order valence-electron chi connectivity index (χ2n) is 3.70. The molecule has 2 rings (SSSR count). The predicted octanol–water partition coefficient (Wildman–Crippen LogP) is 1.81. The lowest BCUT2D eigenvalue weighted by molar-refractivity contribution is 0.102. The standard InChI is InChI=1S/C14H13NO3/c1-18-12-7-3-2-6-11(12)14(17)13-10(9-16)5-4-8-15-13/h2-8,16H,9H2,1H3. The Balaban J connectivity index is 2.48. The Bertz CT molecular complexity index is 517. The Morgan fingerprint density at radius 1 is 1.28 bits per heavy atom. The third kappa shape index (κ3) is 2.24. The van der Waals surface area contributed by atoms with E-state index in [0.29, 0.717) is 16.9 Å². The number of carbonyl (C=O) groups excluding carboxylic acids is 1. The number of aliphatic hydroxyl groups excluding tert-OH is 1. The molecule has 92 valence electrons. The van der Waals surface area contributed by atoms with Crippen LogP contribution in [0.25, 0.3) is 0 Å². The summed E-state index contributed by atoms with van der Waals surface area (Å²) in [4.78, 5) is 16.4. The molecule has 0 unspecified atom stereocenters. The van der Waals surface area contributed by atoms with E-state index >= 15 is 0 Å². The van der Waals surface area contributed by atoms with Gasteiger partial charge in [0.1, 0.15) is 11.4 Å². The van der Waals surface area contributed by atoms with Crippen LogP contribution in [-0.2, 0) is 6.61 Å².